The zero-order valence-electron chi connectivity index (χ0n) is 24.9. The van der Waals surface area contributed by atoms with E-state index in [1.807, 2.05) is 87.6 Å². The maximum atomic E-state index is 12.3. The normalized spacial score (nSPS) is 14.3. The van der Waals surface area contributed by atoms with E-state index in [0.29, 0.717) is 37.3 Å². The molecule has 7 heteroatoms. The van der Waals surface area contributed by atoms with E-state index in [4.69, 9.17) is 19.2 Å². The SMILES string of the molecule is C=C/C=C(\C=C)COc1ccc(-c2ccc(N3CCC(CC(=O)OC(C)(C)C)CC3)nc2)c(OCc2ccccc2)n1. The molecule has 1 aliphatic heterocycles. The fraction of sp³-hybridized carbons (Fsp3) is 0.343. The molecular formula is C35H41N3O4. The molecule has 1 aliphatic rings. The summed E-state index contributed by atoms with van der Waals surface area (Å²) in [5, 5.41) is 0. The molecule has 0 N–H and O–H groups in total. The van der Waals surface area contributed by atoms with E-state index in [1.165, 1.54) is 0 Å². The molecule has 1 saturated heterocycles. The van der Waals surface area contributed by atoms with Gasteiger partial charge in [0.25, 0.3) is 0 Å². The van der Waals surface area contributed by atoms with Crippen LogP contribution in [-0.4, -0.2) is 41.2 Å². The highest BCUT2D eigenvalue weighted by Crippen LogP contribution is 2.32. The van der Waals surface area contributed by atoms with Crippen LogP contribution in [0.4, 0.5) is 5.82 Å². The first-order valence-corrected chi connectivity index (χ1v) is 14.4. The standard InChI is InChI=1S/C35H41N3O4/c1-6-11-26(7-2)24-40-32-17-15-30(34(37-32)41-25-28-12-9-8-10-13-28)29-14-16-31(36-23-29)38-20-18-27(19-21-38)22-33(39)42-35(3,4)5/h6-17,23,27H,1-2,18-22,24-25H2,3-5H3/b26-11+. The zero-order chi connectivity index (χ0) is 30.0. The molecular weight excluding hydrogens is 526 g/mol. The van der Waals surface area contributed by atoms with Crippen LogP contribution in [0.15, 0.2) is 97.8 Å². The Morgan fingerprint density at radius 2 is 1.79 bits per heavy atom. The summed E-state index contributed by atoms with van der Waals surface area (Å²) in [5.41, 5.74) is 3.23. The number of carbonyl (C=O) groups is 1. The van der Waals surface area contributed by atoms with Crippen LogP contribution >= 0.6 is 0 Å². The van der Waals surface area contributed by atoms with Crippen LogP contribution in [0.5, 0.6) is 11.8 Å². The van der Waals surface area contributed by atoms with E-state index in [0.717, 1.165) is 54.0 Å². The quantitative estimate of drug-likeness (QED) is 0.167. The number of aromatic nitrogens is 2. The number of hydrogen-bond acceptors (Lipinski definition) is 7. The number of hydrogen-bond donors (Lipinski definition) is 0. The lowest BCUT2D eigenvalue weighted by atomic mass is 9.93. The maximum Gasteiger partial charge on any atom is 0.306 e. The molecule has 0 saturated carbocycles. The number of ether oxygens (including phenoxy) is 3. The summed E-state index contributed by atoms with van der Waals surface area (Å²) in [6.45, 7) is 15.7. The molecule has 4 rings (SSSR count). The van der Waals surface area contributed by atoms with Crippen molar-refractivity contribution in [3.05, 3.63) is 103 Å². The molecule has 0 amide bonds. The Morgan fingerprint density at radius 1 is 1.02 bits per heavy atom. The number of esters is 1. The van der Waals surface area contributed by atoms with E-state index in [9.17, 15) is 4.79 Å². The highest BCUT2D eigenvalue weighted by molar-refractivity contribution is 5.70. The Bertz CT molecular complexity index is 1370. The zero-order valence-corrected chi connectivity index (χ0v) is 24.9. The second-order valence-electron chi connectivity index (χ2n) is 11.4. The average Bonchev–Trinajstić information content (AvgIpc) is 2.98. The molecule has 0 atom stereocenters. The van der Waals surface area contributed by atoms with Gasteiger partial charge >= 0.3 is 5.97 Å². The molecule has 0 radical (unpaired) electrons. The van der Waals surface area contributed by atoms with Crippen LogP contribution in [0.1, 0.15) is 45.6 Å². The van der Waals surface area contributed by atoms with Crippen molar-refractivity contribution >= 4 is 11.8 Å². The van der Waals surface area contributed by atoms with E-state index < -0.39 is 5.60 Å². The van der Waals surface area contributed by atoms with Crippen molar-refractivity contribution in [2.45, 2.75) is 52.2 Å². The van der Waals surface area contributed by atoms with Crippen LogP contribution in [0, 0.1) is 5.92 Å². The molecule has 42 heavy (non-hydrogen) atoms. The summed E-state index contributed by atoms with van der Waals surface area (Å²) >= 11 is 0. The van der Waals surface area contributed by atoms with Crippen molar-refractivity contribution in [2.24, 2.45) is 5.92 Å². The second kappa shape index (κ2) is 14.5. The Hall–Kier alpha value is -4.39. The number of pyridine rings is 2. The monoisotopic (exact) mass is 567 g/mol. The lowest BCUT2D eigenvalue weighted by Gasteiger charge is -2.33. The minimum absolute atomic E-state index is 0.117. The third-order valence-electron chi connectivity index (χ3n) is 6.91. The fourth-order valence-corrected chi connectivity index (χ4v) is 4.76. The van der Waals surface area contributed by atoms with Gasteiger partial charge in [-0.1, -0.05) is 61.7 Å². The largest absolute Gasteiger partial charge is 0.473 e. The van der Waals surface area contributed by atoms with Crippen molar-refractivity contribution in [1.29, 1.82) is 0 Å². The van der Waals surface area contributed by atoms with Crippen molar-refractivity contribution in [2.75, 3.05) is 24.6 Å². The van der Waals surface area contributed by atoms with Crippen LogP contribution in [-0.2, 0) is 16.1 Å². The third-order valence-corrected chi connectivity index (χ3v) is 6.91. The van der Waals surface area contributed by atoms with Crippen molar-refractivity contribution in [3.63, 3.8) is 0 Å². The van der Waals surface area contributed by atoms with Gasteiger partial charge in [0.05, 0.1) is 0 Å². The van der Waals surface area contributed by atoms with Crippen LogP contribution in [0.3, 0.4) is 0 Å². The molecule has 0 bridgehead atoms. The molecule has 0 aliphatic carbocycles. The van der Waals surface area contributed by atoms with Crippen molar-refractivity contribution in [1.82, 2.24) is 9.97 Å². The van der Waals surface area contributed by atoms with Gasteiger partial charge in [-0.25, -0.2) is 4.98 Å². The molecule has 1 aromatic carbocycles. The topological polar surface area (TPSA) is 73.8 Å². The van der Waals surface area contributed by atoms with Crippen LogP contribution in [0.25, 0.3) is 11.1 Å². The maximum absolute atomic E-state index is 12.3. The molecule has 2 aromatic heterocycles. The molecule has 3 aromatic rings. The summed E-state index contributed by atoms with van der Waals surface area (Å²) in [6, 6.07) is 17.8. The summed E-state index contributed by atoms with van der Waals surface area (Å²) in [7, 11) is 0. The van der Waals surface area contributed by atoms with Gasteiger partial charge in [-0.2, -0.15) is 4.98 Å². The van der Waals surface area contributed by atoms with Gasteiger partial charge in [0.1, 0.15) is 24.6 Å². The second-order valence-corrected chi connectivity index (χ2v) is 11.4. The predicted octanol–water partition coefficient (Wildman–Crippen LogP) is 7.35. The van der Waals surface area contributed by atoms with Crippen LogP contribution in [0.2, 0.25) is 0 Å². The van der Waals surface area contributed by atoms with Gasteiger partial charge < -0.3 is 19.1 Å². The van der Waals surface area contributed by atoms with Gasteiger partial charge in [0.15, 0.2) is 0 Å². The van der Waals surface area contributed by atoms with Gasteiger partial charge in [0, 0.05) is 42.9 Å². The molecule has 0 spiro atoms. The average molecular weight is 568 g/mol. The first-order chi connectivity index (χ1) is 20.2. The first kappa shape index (κ1) is 30.6. The molecule has 220 valence electrons. The number of allylic oxidation sites excluding steroid dienone is 2. The first-order valence-electron chi connectivity index (χ1n) is 14.4. The van der Waals surface area contributed by atoms with Gasteiger partial charge in [-0.3, -0.25) is 4.79 Å². The Balaban J connectivity index is 1.45. The lowest BCUT2D eigenvalue weighted by Crippen LogP contribution is -2.35. The Morgan fingerprint density at radius 3 is 2.43 bits per heavy atom. The highest BCUT2D eigenvalue weighted by Gasteiger charge is 2.25. The lowest BCUT2D eigenvalue weighted by molar-refractivity contribution is -0.156. The van der Waals surface area contributed by atoms with E-state index in [-0.39, 0.29) is 5.97 Å². The minimum Gasteiger partial charge on any atom is -0.473 e. The minimum atomic E-state index is -0.448. The Kier molecular flexibility index (Phi) is 10.5. The van der Waals surface area contributed by atoms with Gasteiger partial charge in [0.2, 0.25) is 11.8 Å². The molecule has 0 unspecified atom stereocenters. The number of piperidine rings is 1. The summed E-state index contributed by atoms with van der Waals surface area (Å²) < 4.78 is 17.6. The van der Waals surface area contributed by atoms with E-state index in [1.54, 1.807) is 12.2 Å². The molecule has 3 heterocycles. The van der Waals surface area contributed by atoms with Crippen LogP contribution < -0.4 is 14.4 Å². The highest BCUT2D eigenvalue weighted by atomic mass is 16.6. The van der Waals surface area contributed by atoms with Gasteiger partial charge in [-0.05, 0) is 68.9 Å². The number of carbonyl (C=O) groups excluding carboxylic acids is 1. The molecule has 7 nitrogen and oxygen atoms in total. The number of anilines is 1. The van der Waals surface area contributed by atoms with Crippen molar-refractivity contribution < 1.29 is 19.0 Å². The third kappa shape index (κ3) is 9.06. The van der Waals surface area contributed by atoms with E-state index >= 15 is 0 Å². The molecule has 1 fully saturated rings. The summed E-state index contributed by atoms with van der Waals surface area (Å²) in [5.74, 6) is 2.06. The number of benzene rings is 1. The van der Waals surface area contributed by atoms with Gasteiger partial charge in [-0.15, -0.1) is 0 Å². The Labute approximate surface area is 249 Å². The summed E-state index contributed by atoms with van der Waals surface area (Å²) in [4.78, 5) is 24.0. The predicted molar refractivity (Wildman–Crippen MR) is 168 cm³/mol. The fourth-order valence-electron chi connectivity index (χ4n) is 4.76. The smallest absolute Gasteiger partial charge is 0.306 e. The van der Waals surface area contributed by atoms with E-state index in [2.05, 4.69) is 23.0 Å². The van der Waals surface area contributed by atoms with Crippen molar-refractivity contribution in [3.8, 4) is 22.9 Å². The number of nitrogens with zero attached hydrogens (tertiary/aromatic N) is 3. The number of rotatable bonds is 12. The summed E-state index contributed by atoms with van der Waals surface area (Å²) in [6.07, 6.45) is 9.48.